The van der Waals surface area contributed by atoms with Gasteiger partial charge in [0.05, 0.1) is 4.92 Å². The van der Waals surface area contributed by atoms with Crippen molar-refractivity contribution in [2.75, 3.05) is 29.9 Å². The number of thioether (sulfide) groups is 1. The summed E-state index contributed by atoms with van der Waals surface area (Å²) in [5.74, 6) is 1.90. The quantitative estimate of drug-likeness (QED) is 0.658. The van der Waals surface area contributed by atoms with Gasteiger partial charge in [0.1, 0.15) is 0 Å². The van der Waals surface area contributed by atoms with E-state index in [1.807, 2.05) is 11.8 Å². The van der Waals surface area contributed by atoms with Crippen molar-refractivity contribution in [3.8, 4) is 0 Å². The maximum absolute atomic E-state index is 11.9. The lowest BCUT2D eigenvalue weighted by atomic mass is 10.3. The van der Waals surface area contributed by atoms with E-state index in [2.05, 4.69) is 5.32 Å². The number of nitrogens with one attached hydrogen (secondary N) is 1. The highest BCUT2D eigenvalue weighted by Crippen LogP contribution is 2.16. The summed E-state index contributed by atoms with van der Waals surface area (Å²) in [6.07, 6.45) is 0. The van der Waals surface area contributed by atoms with Gasteiger partial charge in [-0.15, -0.1) is 0 Å². The molecule has 7 heteroatoms. The van der Waals surface area contributed by atoms with Crippen molar-refractivity contribution in [1.82, 2.24) is 4.90 Å². The van der Waals surface area contributed by atoms with Crippen LogP contribution in [0.2, 0.25) is 0 Å². The molecule has 1 N–H and O–H groups in total. The molecule has 0 spiro atoms. The number of rotatable bonds is 2. The summed E-state index contributed by atoms with van der Waals surface area (Å²) in [5, 5.41) is 13.2. The molecule has 1 aliphatic rings. The fraction of sp³-hybridized carbons (Fsp3) is 0.364. The first-order valence-electron chi connectivity index (χ1n) is 5.55. The number of carbonyl (C=O) groups is 1. The lowest BCUT2D eigenvalue weighted by molar-refractivity contribution is -0.384. The second-order valence-electron chi connectivity index (χ2n) is 3.83. The zero-order valence-electron chi connectivity index (χ0n) is 9.67. The average molecular weight is 267 g/mol. The van der Waals surface area contributed by atoms with Crippen molar-refractivity contribution in [1.29, 1.82) is 0 Å². The molecule has 2 rings (SSSR count). The zero-order valence-corrected chi connectivity index (χ0v) is 10.5. The Labute approximate surface area is 108 Å². The Morgan fingerprint density at radius 3 is 2.44 bits per heavy atom. The van der Waals surface area contributed by atoms with Crippen molar-refractivity contribution in [3.63, 3.8) is 0 Å². The number of anilines is 1. The zero-order chi connectivity index (χ0) is 13.0. The highest BCUT2D eigenvalue weighted by atomic mass is 32.2. The molecule has 0 atom stereocenters. The van der Waals surface area contributed by atoms with Gasteiger partial charge in [0.15, 0.2) is 0 Å². The molecule has 0 aliphatic carbocycles. The Morgan fingerprint density at radius 1 is 1.28 bits per heavy atom. The molecular formula is C11H13N3O3S. The third-order valence-electron chi connectivity index (χ3n) is 2.63. The summed E-state index contributed by atoms with van der Waals surface area (Å²) >= 11 is 1.83. The molecule has 1 heterocycles. The van der Waals surface area contributed by atoms with Crippen molar-refractivity contribution in [2.24, 2.45) is 0 Å². The number of nitrogens with zero attached hydrogens (tertiary/aromatic N) is 2. The van der Waals surface area contributed by atoms with Gasteiger partial charge in [-0.25, -0.2) is 4.79 Å². The van der Waals surface area contributed by atoms with E-state index >= 15 is 0 Å². The first kappa shape index (κ1) is 12.7. The van der Waals surface area contributed by atoms with Crippen LogP contribution in [-0.2, 0) is 0 Å². The van der Waals surface area contributed by atoms with Gasteiger partial charge in [-0.05, 0) is 12.1 Å². The molecule has 1 aromatic carbocycles. The van der Waals surface area contributed by atoms with Gasteiger partial charge in [-0.2, -0.15) is 11.8 Å². The minimum Gasteiger partial charge on any atom is -0.323 e. The molecule has 0 saturated carbocycles. The van der Waals surface area contributed by atoms with E-state index < -0.39 is 4.92 Å². The third kappa shape index (κ3) is 3.13. The van der Waals surface area contributed by atoms with Crippen molar-refractivity contribution >= 4 is 29.2 Å². The lowest BCUT2D eigenvalue weighted by Crippen LogP contribution is -2.40. The molecule has 1 aromatic rings. The maximum atomic E-state index is 11.9. The van der Waals surface area contributed by atoms with Crippen LogP contribution in [0.3, 0.4) is 0 Å². The van der Waals surface area contributed by atoms with E-state index in [1.54, 1.807) is 4.90 Å². The molecule has 0 unspecified atom stereocenters. The van der Waals surface area contributed by atoms with Gasteiger partial charge >= 0.3 is 6.03 Å². The summed E-state index contributed by atoms with van der Waals surface area (Å²) in [4.78, 5) is 23.6. The van der Waals surface area contributed by atoms with Gasteiger partial charge in [0.25, 0.3) is 5.69 Å². The second-order valence-corrected chi connectivity index (χ2v) is 5.06. The molecule has 2 amide bonds. The number of hydrogen-bond acceptors (Lipinski definition) is 4. The first-order chi connectivity index (χ1) is 8.66. The van der Waals surface area contributed by atoms with E-state index in [-0.39, 0.29) is 11.7 Å². The number of urea groups is 1. The molecule has 0 bridgehead atoms. The van der Waals surface area contributed by atoms with Gasteiger partial charge in [0.2, 0.25) is 0 Å². The average Bonchev–Trinajstić information content (AvgIpc) is 2.40. The number of benzene rings is 1. The predicted octanol–water partition coefficient (Wildman–Crippen LogP) is 2.18. The summed E-state index contributed by atoms with van der Waals surface area (Å²) in [6, 6.07) is 5.68. The number of carbonyl (C=O) groups excluding carboxylic acids is 1. The van der Waals surface area contributed by atoms with E-state index in [0.717, 1.165) is 24.6 Å². The molecular weight excluding hydrogens is 254 g/mol. The normalized spacial score (nSPS) is 15.2. The number of non-ortho nitro benzene ring substituents is 1. The van der Waals surface area contributed by atoms with E-state index in [4.69, 9.17) is 0 Å². The van der Waals surface area contributed by atoms with E-state index in [9.17, 15) is 14.9 Å². The fourth-order valence-electron chi connectivity index (χ4n) is 1.64. The van der Waals surface area contributed by atoms with Gasteiger partial charge in [-0.3, -0.25) is 10.1 Å². The van der Waals surface area contributed by atoms with Crippen LogP contribution in [0.25, 0.3) is 0 Å². The Morgan fingerprint density at radius 2 is 1.89 bits per heavy atom. The van der Waals surface area contributed by atoms with Gasteiger partial charge in [-0.1, -0.05) is 0 Å². The van der Waals surface area contributed by atoms with E-state index in [1.165, 1.54) is 24.3 Å². The Hall–Kier alpha value is -1.76. The fourth-order valence-corrected chi connectivity index (χ4v) is 2.54. The van der Waals surface area contributed by atoms with Gasteiger partial charge < -0.3 is 10.2 Å². The summed E-state index contributed by atoms with van der Waals surface area (Å²) < 4.78 is 0. The van der Waals surface area contributed by atoms with Crippen LogP contribution >= 0.6 is 11.8 Å². The van der Waals surface area contributed by atoms with Crippen LogP contribution in [0.5, 0.6) is 0 Å². The van der Waals surface area contributed by atoms with Crippen molar-refractivity contribution in [2.45, 2.75) is 0 Å². The Kier molecular flexibility index (Phi) is 4.03. The topological polar surface area (TPSA) is 75.5 Å². The smallest absolute Gasteiger partial charge is 0.321 e. The minimum absolute atomic E-state index is 0.0161. The van der Waals surface area contributed by atoms with Crippen LogP contribution in [0.15, 0.2) is 24.3 Å². The molecule has 96 valence electrons. The summed E-state index contributed by atoms with van der Waals surface area (Å²) in [7, 11) is 0. The predicted molar refractivity (Wildman–Crippen MR) is 71.0 cm³/mol. The molecule has 0 radical (unpaired) electrons. The molecule has 1 saturated heterocycles. The van der Waals surface area contributed by atoms with Crippen LogP contribution < -0.4 is 5.32 Å². The number of nitro benzene ring substituents is 1. The SMILES string of the molecule is O=C(Nc1ccc([N+](=O)[O-])cc1)N1CCSCC1. The number of amides is 2. The molecule has 1 fully saturated rings. The van der Waals surface area contributed by atoms with Crippen LogP contribution in [-0.4, -0.2) is 40.4 Å². The van der Waals surface area contributed by atoms with Crippen LogP contribution in [0.1, 0.15) is 0 Å². The maximum Gasteiger partial charge on any atom is 0.321 e. The van der Waals surface area contributed by atoms with Crippen LogP contribution in [0.4, 0.5) is 16.2 Å². The standard InChI is InChI=1S/C11H13N3O3S/c15-11(13-5-7-18-8-6-13)12-9-1-3-10(4-2-9)14(16)17/h1-4H,5-8H2,(H,12,15). The minimum atomic E-state index is -0.465. The van der Waals surface area contributed by atoms with Crippen molar-refractivity contribution < 1.29 is 9.72 Å². The van der Waals surface area contributed by atoms with E-state index in [0.29, 0.717) is 5.69 Å². The molecule has 0 aromatic heterocycles. The second kappa shape index (κ2) is 5.72. The molecule has 6 nitrogen and oxygen atoms in total. The van der Waals surface area contributed by atoms with Crippen LogP contribution in [0, 0.1) is 10.1 Å². The summed E-state index contributed by atoms with van der Waals surface area (Å²) in [6.45, 7) is 1.48. The highest BCUT2D eigenvalue weighted by Gasteiger charge is 2.16. The monoisotopic (exact) mass is 267 g/mol. The third-order valence-corrected chi connectivity index (χ3v) is 3.57. The Balaban J connectivity index is 1.96. The number of nitro groups is 1. The number of hydrogen-bond donors (Lipinski definition) is 1. The molecule has 18 heavy (non-hydrogen) atoms. The lowest BCUT2D eigenvalue weighted by Gasteiger charge is -2.26. The van der Waals surface area contributed by atoms with Crippen molar-refractivity contribution in [3.05, 3.63) is 34.4 Å². The molecule has 1 aliphatic heterocycles. The first-order valence-corrected chi connectivity index (χ1v) is 6.70. The van der Waals surface area contributed by atoms with Gasteiger partial charge in [0, 0.05) is 42.4 Å². The highest BCUT2D eigenvalue weighted by molar-refractivity contribution is 7.99. The Bertz CT molecular complexity index is 443. The summed E-state index contributed by atoms with van der Waals surface area (Å²) in [5.41, 5.74) is 0.589. The largest absolute Gasteiger partial charge is 0.323 e.